The minimum atomic E-state index is -0.717. The summed E-state index contributed by atoms with van der Waals surface area (Å²) in [5, 5.41) is 11.0. The molecule has 0 unspecified atom stereocenters. The number of rotatable bonds is 11. The van der Waals surface area contributed by atoms with Crippen LogP contribution in [-0.4, -0.2) is 48.0 Å². The van der Waals surface area contributed by atoms with E-state index in [1.807, 2.05) is 0 Å². The molecular formula is C26H33NO3S. The molecule has 1 saturated heterocycles. The van der Waals surface area contributed by atoms with E-state index in [0.717, 1.165) is 38.1 Å². The smallest absolute Gasteiger partial charge is 0.303 e. The van der Waals surface area contributed by atoms with Crippen LogP contribution in [0, 0.1) is 0 Å². The van der Waals surface area contributed by atoms with E-state index in [1.54, 1.807) is 11.8 Å². The van der Waals surface area contributed by atoms with Crippen LogP contribution in [-0.2, 0) is 11.2 Å². The van der Waals surface area contributed by atoms with Gasteiger partial charge in [-0.05, 0) is 91.8 Å². The van der Waals surface area contributed by atoms with Crippen molar-refractivity contribution in [2.75, 3.05) is 26.0 Å². The molecule has 1 fully saturated rings. The molecule has 4 nitrogen and oxygen atoms in total. The maximum Gasteiger partial charge on any atom is 0.303 e. The van der Waals surface area contributed by atoms with Gasteiger partial charge in [0.25, 0.3) is 0 Å². The molecule has 166 valence electrons. The van der Waals surface area contributed by atoms with Crippen LogP contribution in [0.5, 0.6) is 5.75 Å². The van der Waals surface area contributed by atoms with E-state index < -0.39 is 5.97 Å². The molecule has 0 bridgehead atoms. The molecule has 1 N–H and O–H groups in total. The average molecular weight is 440 g/mol. The molecule has 0 saturated carbocycles. The predicted molar refractivity (Wildman–Crippen MR) is 130 cm³/mol. The molecule has 3 rings (SSSR count). The molecule has 0 aliphatic carbocycles. The number of thioether (sulfide) groups is 1. The van der Waals surface area contributed by atoms with E-state index in [1.165, 1.54) is 22.3 Å². The van der Waals surface area contributed by atoms with Gasteiger partial charge in [-0.3, -0.25) is 9.69 Å². The lowest BCUT2D eigenvalue weighted by Crippen LogP contribution is -2.35. The van der Waals surface area contributed by atoms with Crippen molar-refractivity contribution >= 4 is 23.3 Å². The van der Waals surface area contributed by atoms with Crippen LogP contribution in [0.2, 0.25) is 0 Å². The Balaban J connectivity index is 1.48. The van der Waals surface area contributed by atoms with Crippen LogP contribution in [0.4, 0.5) is 0 Å². The van der Waals surface area contributed by atoms with Gasteiger partial charge in [0.2, 0.25) is 0 Å². The van der Waals surface area contributed by atoms with Gasteiger partial charge >= 0.3 is 5.97 Å². The summed E-state index contributed by atoms with van der Waals surface area (Å²) in [6.07, 6.45) is 6.21. The molecule has 1 aliphatic heterocycles. The van der Waals surface area contributed by atoms with Gasteiger partial charge in [0.1, 0.15) is 12.4 Å². The van der Waals surface area contributed by atoms with Crippen molar-refractivity contribution in [3.63, 3.8) is 0 Å². The first-order valence-electron chi connectivity index (χ1n) is 11.0. The Labute approximate surface area is 190 Å². The summed E-state index contributed by atoms with van der Waals surface area (Å²) in [4.78, 5) is 13.1. The second kappa shape index (κ2) is 12.0. The number of benzene rings is 2. The Kier molecular flexibility index (Phi) is 9.04. The fourth-order valence-corrected chi connectivity index (χ4v) is 4.56. The SMILES string of the molecule is CS/C=C(\C)c1ccc(Cc2ccc(OC[C@H]3CCCN3CCCC(=O)O)cc2)cc1. The van der Waals surface area contributed by atoms with E-state index in [0.29, 0.717) is 19.1 Å². The Morgan fingerprint density at radius 1 is 1.16 bits per heavy atom. The summed E-state index contributed by atoms with van der Waals surface area (Å²) in [5.74, 6) is 0.180. The normalized spacial score (nSPS) is 17.1. The monoisotopic (exact) mass is 439 g/mol. The summed E-state index contributed by atoms with van der Waals surface area (Å²) in [6, 6.07) is 17.6. The summed E-state index contributed by atoms with van der Waals surface area (Å²) in [5.41, 5.74) is 5.14. The Bertz CT molecular complexity index is 861. The second-order valence-corrected chi connectivity index (χ2v) is 8.90. The lowest BCUT2D eigenvalue weighted by atomic mass is 10.0. The first-order chi connectivity index (χ1) is 15.0. The number of likely N-dealkylation sites (tertiary alicyclic amines) is 1. The van der Waals surface area contributed by atoms with E-state index in [9.17, 15) is 4.79 Å². The molecule has 1 atom stereocenters. The van der Waals surface area contributed by atoms with Gasteiger partial charge in [0.05, 0.1) is 0 Å². The zero-order valence-corrected chi connectivity index (χ0v) is 19.4. The maximum atomic E-state index is 10.7. The fourth-order valence-electron chi connectivity index (χ4n) is 4.07. The van der Waals surface area contributed by atoms with Gasteiger partial charge in [-0.2, -0.15) is 0 Å². The largest absolute Gasteiger partial charge is 0.492 e. The van der Waals surface area contributed by atoms with Crippen LogP contribution >= 0.6 is 11.8 Å². The molecule has 0 radical (unpaired) electrons. The van der Waals surface area contributed by atoms with Crippen LogP contribution in [0.3, 0.4) is 0 Å². The summed E-state index contributed by atoms with van der Waals surface area (Å²) >= 11 is 1.73. The highest BCUT2D eigenvalue weighted by molar-refractivity contribution is 8.01. The minimum Gasteiger partial charge on any atom is -0.492 e. The van der Waals surface area contributed by atoms with Gasteiger partial charge in [-0.15, -0.1) is 11.8 Å². The molecule has 5 heteroatoms. The van der Waals surface area contributed by atoms with E-state index in [-0.39, 0.29) is 6.42 Å². The molecule has 2 aromatic rings. The Morgan fingerprint density at radius 2 is 1.84 bits per heavy atom. The van der Waals surface area contributed by atoms with Crippen molar-refractivity contribution in [1.82, 2.24) is 4.90 Å². The van der Waals surface area contributed by atoms with E-state index in [4.69, 9.17) is 9.84 Å². The topological polar surface area (TPSA) is 49.8 Å². The summed E-state index contributed by atoms with van der Waals surface area (Å²) in [7, 11) is 0. The molecule has 2 aromatic carbocycles. The third kappa shape index (κ3) is 7.44. The van der Waals surface area contributed by atoms with Crippen LogP contribution < -0.4 is 4.74 Å². The van der Waals surface area contributed by atoms with E-state index >= 15 is 0 Å². The first kappa shape index (κ1) is 23.4. The highest BCUT2D eigenvalue weighted by atomic mass is 32.2. The molecule has 1 aliphatic rings. The lowest BCUT2D eigenvalue weighted by Gasteiger charge is -2.24. The zero-order chi connectivity index (χ0) is 22.1. The van der Waals surface area contributed by atoms with Gasteiger partial charge in [-0.25, -0.2) is 0 Å². The number of hydrogen-bond acceptors (Lipinski definition) is 4. The highest BCUT2D eigenvalue weighted by Crippen LogP contribution is 2.22. The van der Waals surface area contributed by atoms with Crippen molar-refractivity contribution in [2.24, 2.45) is 0 Å². The third-order valence-electron chi connectivity index (χ3n) is 5.81. The quantitative estimate of drug-likeness (QED) is 0.486. The number of carbonyl (C=O) groups is 1. The molecule has 1 heterocycles. The summed E-state index contributed by atoms with van der Waals surface area (Å²) < 4.78 is 6.05. The minimum absolute atomic E-state index is 0.238. The maximum absolute atomic E-state index is 10.7. The van der Waals surface area contributed by atoms with Crippen LogP contribution in [0.1, 0.15) is 49.3 Å². The van der Waals surface area contributed by atoms with Crippen molar-refractivity contribution < 1.29 is 14.6 Å². The van der Waals surface area contributed by atoms with Gasteiger partial charge in [0.15, 0.2) is 0 Å². The second-order valence-electron chi connectivity index (χ2n) is 8.19. The first-order valence-corrected chi connectivity index (χ1v) is 12.3. The number of nitrogens with zero attached hydrogens (tertiary/aromatic N) is 1. The fraction of sp³-hybridized carbons (Fsp3) is 0.423. The van der Waals surface area contributed by atoms with Gasteiger partial charge in [0, 0.05) is 12.5 Å². The van der Waals surface area contributed by atoms with Crippen molar-refractivity contribution in [3.05, 3.63) is 70.6 Å². The molecular weight excluding hydrogens is 406 g/mol. The van der Waals surface area contributed by atoms with Crippen molar-refractivity contribution in [1.29, 1.82) is 0 Å². The highest BCUT2D eigenvalue weighted by Gasteiger charge is 2.24. The van der Waals surface area contributed by atoms with Crippen LogP contribution in [0.15, 0.2) is 53.9 Å². The average Bonchev–Trinajstić information content (AvgIpc) is 3.21. The molecule has 31 heavy (non-hydrogen) atoms. The molecule has 0 aromatic heterocycles. The van der Waals surface area contributed by atoms with Crippen molar-refractivity contribution in [2.45, 2.75) is 45.1 Å². The number of carboxylic acids is 1. The Morgan fingerprint density at radius 3 is 2.48 bits per heavy atom. The van der Waals surface area contributed by atoms with Crippen molar-refractivity contribution in [3.8, 4) is 5.75 Å². The zero-order valence-electron chi connectivity index (χ0n) is 18.5. The van der Waals surface area contributed by atoms with E-state index in [2.05, 4.69) is 72.0 Å². The number of allylic oxidation sites excluding steroid dienone is 1. The number of carboxylic acid groups (broad SMARTS) is 1. The van der Waals surface area contributed by atoms with Crippen LogP contribution in [0.25, 0.3) is 5.57 Å². The third-order valence-corrected chi connectivity index (χ3v) is 6.40. The van der Waals surface area contributed by atoms with Gasteiger partial charge < -0.3 is 9.84 Å². The number of ether oxygens (including phenoxy) is 1. The Hall–Kier alpha value is -2.24. The summed E-state index contributed by atoms with van der Waals surface area (Å²) in [6.45, 7) is 4.69. The predicted octanol–water partition coefficient (Wildman–Crippen LogP) is 5.71. The number of hydrogen-bond donors (Lipinski definition) is 1. The lowest BCUT2D eigenvalue weighted by molar-refractivity contribution is -0.137. The standard InChI is InChI=1S/C26H33NO3S/c1-20(19-31-2)23-11-7-21(8-12-23)17-22-9-13-25(14-10-22)30-18-24-5-3-15-27(24)16-4-6-26(28)29/h7-14,19,24H,3-6,15-18H2,1-2H3,(H,28,29)/b20-19+/t24-/m1/s1. The molecule has 0 amide bonds. The molecule has 0 spiro atoms. The number of aliphatic carboxylic acids is 1. The van der Waals surface area contributed by atoms with Gasteiger partial charge in [-0.1, -0.05) is 36.4 Å².